The topological polar surface area (TPSA) is 130 Å². The molecule has 2 aromatic carbocycles. The highest BCUT2D eigenvalue weighted by Gasteiger charge is 2.49. The Morgan fingerprint density at radius 1 is 1.07 bits per heavy atom. The van der Waals surface area contributed by atoms with Crippen LogP contribution in [0.25, 0.3) is 11.4 Å². The van der Waals surface area contributed by atoms with Crippen molar-refractivity contribution in [3.05, 3.63) is 101 Å². The molecule has 1 amide bonds. The van der Waals surface area contributed by atoms with Gasteiger partial charge in [-0.05, 0) is 49.2 Å². The van der Waals surface area contributed by atoms with Crippen molar-refractivity contribution in [2.45, 2.75) is 30.0 Å². The Morgan fingerprint density at radius 2 is 1.86 bits per heavy atom. The molecule has 5 aromatic rings. The van der Waals surface area contributed by atoms with Crippen molar-refractivity contribution in [3.63, 3.8) is 0 Å². The van der Waals surface area contributed by atoms with E-state index in [1.165, 1.54) is 52.8 Å². The van der Waals surface area contributed by atoms with Crippen molar-refractivity contribution in [1.82, 2.24) is 19.6 Å². The Hall–Kier alpha value is -4.68. The summed E-state index contributed by atoms with van der Waals surface area (Å²) in [5, 5.41) is 30.7. The van der Waals surface area contributed by atoms with E-state index in [4.69, 9.17) is 4.74 Å². The largest absolute Gasteiger partial charge is 0.505 e. The number of aromatic hydroxyl groups is 1. The molecule has 212 valence electrons. The predicted molar refractivity (Wildman–Crippen MR) is 160 cm³/mol. The summed E-state index contributed by atoms with van der Waals surface area (Å²) >= 11 is 2.65. The Morgan fingerprint density at radius 3 is 2.62 bits per heavy atom. The molecule has 0 spiro atoms. The number of aromatic nitrogens is 4. The molecule has 1 saturated heterocycles. The van der Waals surface area contributed by atoms with E-state index < -0.39 is 17.7 Å². The summed E-state index contributed by atoms with van der Waals surface area (Å²) in [4.78, 5) is 33.0. The lowest BCUT2D eigenvalue weighted by Crippen LogP contribution is -2.29. The lowest BCUT2D eigenvalue weighted by atomic mass is 9.96. The number of Topliss-reactive ketones (excluding diaryl/α,β-unsaturated/α-hetero) is 1. The number of aliphatic hydroxyl groups is 1. The van der Waals surface area contributed by atoms with Crippen molar-refractivity contribution in [2.24, 2.45) is 0 Å². The number of phenolic OH excluding ortho intramolecular Hbond substituents is 1. The van der Waals surface area contributed by atoms with Crippen LogP contribution in [0.1, 0.15) is 34.1 Å². The van der Waals surface area contributed by atoms with Crippen LogP contribution in [-0.4, -0.2) is 48.6 Å². The van der Waals surface area contributed by atoms with Crippen molar-refractivity contribution < 1.29 is 24.5 Å². The van der Waals surface area contributed by atoms with Crippen LogP contribution in [0, 0.1) is 13.8 Å². The molecule has 0 aliphatic carbocycles. The van der Waals surface area contributed by atoms with Crippen LogP contribution in [0.2, 0.25) is 0 Å². The summed E-state index contributed by atoms with van der Waals surface area (Å²) in [5.74, 6) is -1.41. The number of thioether (sulfide) groups is 1. The minimum atomic E-state index is -1.07. The number of phenols is 1. The SMILES string of the molecule is COc1cc(C2C(=C(O)c3c(C)nc4ccccn34)C(=O)C(=O)N2c2nnc(SCc3ccc(C)cc3)s2)ccc1O. The number of ether oxygens (including phenoxy) is 1. The lowest BCUT2D eigenvalue weighted by molar-refractivity contribution is -0.132. The number of benzene rings is 2. The standard InChI is InChI=1S/C30H25N5O5S2/c1-16-7-9-18(10-8-16)15-41-30-33-32-29(42-30)35-25(19-11-12-20(36)21(14-19)40-3)23(27(38)28(35)39)26(37)24-17(2)31-22-6-4-5-13-34(22)24/h4-14,25,36-37H,15H2,1-3H3. The van der Waals surface area contributed by atoms with E-state index in [9.17, 15) is 19.8 Å². The van der Waals surface area contributed by atoms with Crippen LogP contribution in [-0.2, 0) is 15.3 Å². The van der Waals surface area contributed by atoms with Crippen molar-refractivity contribution in [3.8, 4) is 11.5 Å². The normalized spacial score (nSPS) is 16.5. The molecule has 3 aromatic heterocycles. The van der Waals surface area contributed by atoms with Gasteiger partial charge in [0, 0.05) is 11.9 Å². The number of hydrogen-bond acceptors (Lipinski definition) is 10. The Labute approximate surface area is 248 Å². The first-order valence-corrected chi connectivity index (χ1v) is 14.7. The van der Waals surface area contributed by atoms with Gasteiger partial charge in [0.2, 0.25) is 5.13 Å². The Bertz CT molecular complexity index is 1880. The van der Waals surface area contributed by atoms with Crippen molar-refractivity contribution in [2.75, 3.05) is 12.0 Å². The van der Waals surface area contributed by atoms with Gasteiger partial charge in [0.15, 0.2) is 21.6 Å². The number of fused-ring (bicyclic) bond motifs is 1. The zero-order chi connectivity index (χ0) is 29.5. The maximum absolute atomic E-state index is 13.7. The molecule has 0 bridgehead atoms. The number of pyridine rings is 1. The van der Waals surface area contributed by atoms with Crippen molar-refractivity contribution >= 4 is 51.3 Å². The molecule has 1 aliphatic rings. The van der Waals surface area contributed by atoms with Gasteiger partial charge in [-0.25, -0.2) is 4.98 Å². The highest BCUT2D eigenvalue weighted by Crippen LogP contribution is 2.45. The zero-order valence-corrected chi connectivity index (χ0v) is 24.4. The van der Waals surface area contributed by atoms with Gasteiger partial charge in [-0.15, -0.1) is 10.2 Å². The van der Waals surface area contributed by atoms with Crippen LogP contribution < -0.4 is 9.64 Å². The fourth-order valence-corrected chi connectivity index (χ4v) is 6.75. The zero-order valence-electron chi connectivity index (χ0n) is 22.8. The molecule has 12 heteroatoms. The first-order chi connectivity index (χ1) is 20.3. The molecular weight excluding hydrogens is 574 g/mol. The predicted octanol–water partition coefficient (Wildman–Crippen LogP) is 5.44. The average molecular weight is 600 g/mol. The Balaban J connectivity index is 1.46. The van der Waals surface area contributed by atoms with Gasteiger partial charge in [0.05, 0.1) is 24.4 Å². The summed E-state index contributed by atoms with van der Waals surface area (Å²) in [5.41, 5.74) is 3.94. The van der Waals surface area contributed by atoms with Crippen LogP contribution in [0.5, 0.6) is 11.5 Å². The number of imidazole rings is 1. The van der Waals surface area contributed by atoms with E-state index in [-0.39, 0.29) is 28.0 Å². The minimum Gasteiger partial charge on any atom is -0.505 e. The fraction of sp³-hybridized carbons (Fsp3) is 0.167. The van der Waals surface area contributed by atoms with E-state index in [0.29, 0.717) is 32.7 Å². The molecular formula is C30H25N5O5S2. The average Bonchev–Trinajstić information content (AvgIpc) is 3.66. The van der Waals surface area contributed by atoms with Crippen molar-refractivity contribution in [1.29, 1.82) is 0 Å². The summed E-state index contributed by atoms with van der Waals surface area (Å²) in [6.07, 6.45) is 1.72. The van der Waals surface area contributed by atoms with E-state index in [0.717, 1.165) is 5.56 Å². The molecule has 1 aliphatic heterocycles. The molecule has 1 atom stereocenters. The summed E-state index contributed by atoms with van der Waals surface area (Å²) in [7, 11) is 1.40. The molecule has 42 heavy (non-hydrogen) atoms. The minimum absolute atomic E-state index is 0.110. The van der Waals surface area contributed by atoms with Gasteiger partial charge >= 0.3 is 5.91 Å². The highest BCUT2D eigenvalue weighted by atomic mass is 32.2. The number of anilines is 1. The third-order valence-electron chi connectivity index (χ3n) is 6.98. The van der Waals surface area contributed by atoms with Gasteiger partial charge in [-0.3, -0.25) is 18.9 Å². The molecule has 1 unspecified atom stereocenters. The van der Waals surface area contributed by atoms with Gasteiger partial charge in [0.1, 0.15) is 11.3 Å². The first-order valence-electron chi connectivity index (χ1n) is 12.9. The van der Waals surface area contributed by atoms with Crippen LogP contribution in [0.3, 0.4) is 0 Å². The van der Waals surface area contributed by atoms with Crippen LogP contribution in [0.4, 0.5) is 5.13 Å². The lowest BCUT2D eigenvalue weighted by Gasteiger charge is -2.23. The molecule has 6 rings (SSSR count). The van der Waals surface area contributed by atoms with Gasteiger partial charge in [0.25, 0.3) is 5.78 Å². The molecule has 0 saturated carbocycles. The number of aliphatic hydroxyl groups excluding tert-OH is 1. The van der Waals surface area contributed by atoms with E-state index in [1.807, 2.05) is 37.3 Å². The summed E-state index contributed by atoms with van der Waals surface area (Å²) in [6.45, 7) is 3.75. The molecule has 2 N–H and O–H groups in total. The molecule has 10 nitrogen and oxygen atoms in total. The van der Waals surface area contributed by atoms with Gasteiger partial charge in [-0.1, -0.05) is 65.1 Å². The number of methoxy groups -OCH3 is 1. The number of hydrogen-bond donors (Lipinski definition) is 2. The quantitative estimate of drug-likeness (QED) is 0.0826. The van der Waals surface area contributed by atoms with E-state index >= 15 is 0 Å². The Kier molecular flexibility index (Phi) is 7.17. The summed E-state index contributed by atoms with van der Waals surface area (Å²) in [6, 6.07) is 17.0. The first kappa shape index (κ1) is 27.5. The number of carbonyl (C=O) groups is 2. The smallest absolute Gasteiger partial charge is 0.301 e. The second-order valence-electron chi connectivity index (χ2n) is 9.70. The number of nitrogens with zero attached hydrogens (tertiary/aromatic N) is 5. The van der Waals surface area contributed by atoms with E-state index in [2.05, 4.69) is 15.2 Å². The number of aryl methyl sites for hydroxylation is 2. The third-order valence-corrected chi connectivity index (χ3v) is 9.10. The number of amides is 1. The third kappa shape index (κ3) is 4.78. The monoisotopic (exact) mass is 599 g/mol. The number of carbonyl (C=O) groups excluding carboxylic acids is 2. The van der Waals surface area contributed by atoms with Crippen LogP contribution >= 0.6 is 23.1 Å². The summed E-state index contributed by atoms with van der Waals surface area (Å²) < 4.78 is 7.59. The number of rotatable bonds is 7. The molecule has 0 radical (unpaired) electrons. The van der Waals surface area contributed by atoms with Crippen LogP contribution in [0.15, 0.2) is 76.8 Å². The molecule has 1 fully saturated rings. The van der Waals surface area contributed by atoms with E-state index in [1.54, 1.807) is 35.7 Å². The molecule has 4 heterocycles. The maximum Gasteiger partial charge on any atom is 0.301 e. The maximum atomic E-state index is 13.7. The highest BCUT2D eigenvalue weighted by molar-refractivity contribution is 8.00. The number of ketones is 1. The van der Waals surface area contributed by atoms with Gasteiger partial charge in [-0.2, -0.15) is 0 Å². The van der Waals surface area contributed by atoms with Gasteiger partial charge < -0.3 is 14.9 Å². The second-order valence-corrected chi connectivity index (χ2v) is 11.9. The second kappa shape index (κ2) is 11.0. The fourth-order valence-electron chi connectivity index (χ4n) is 4.92.